The maximum absolute atomic E-state index is 12.7. The third-order valence-corrected chi connectivity index (χ3v) is 2.72. The first-order valence-corrected chi connectivity index (χ1v) is 6.48. The summed E-state index contributed by atoms with van der Waals surface area (Å²) in [5, 5.41) is -5.03. The molecule has 0 saturated carbocycles. The van der Waals surface area contributed by atoms with E-state index in [1.807, 2.05) is 0 Å². The summed E-state index contributed by atoms with van der Waals surface area (Å²) in [6, 6.07) is 0. The average Bonchev–Trinajstić information content (AvgIpc) is 2.29. The smallest absolute Gasteiger partial charge is 0.436 e. The summed E-state index contributed by atoms with van der Waals surface area (Å²) in [4.78, 5) is 22.0. The first kappa shape index (κ1) is 20.2. The lowest BCUT2D eigenvalue weighted by Gasteiger charge is -2.20. The first-order chi connectivity index (χ1) is 9.59. The Balaban J connectivity index is 5.10. The molecule has 1 atom stereocenters. The van der Waals surface area contributed by atoms with Crippen LogP contribution in [0.25, 0.3) is 0 Å². The molecule has 0 spiro atoms. The lowest BCUT2D eigenvalue weighted by Crippen LogP contribution is -2.44. The number of hydrogen-bond donors (Lipinski definition) is 1. The Kier molecular flexibility index (Phi) is 6.03. The van der Waals surface area contributed by atoms with Gasteiger partial charge in [0.05, 0.1) is 0 Å². The van der Waals surface area contributed by atoms with Gasteiger partial charge in [-0.25, -0.2) is 9.59 Å². The molecule has 128 valence electrons. The van der Waals surface area contributed by atoms with Gasteiger partial charge in [-0.2, -0.15) is 30.4 Å². The Labute approximate surface area is 120 Å². The zero-order valence-electron chi connectivity index (χ0n) is 10.7. The molecule has 0 rings (SSSR count). The molecule has 0 aromatic rings. The Morgan fingerprint density at radius 1 is 1.23 bits per heavy atom. The minimum Gasteiger partial charge on any atom is -0.455 e. The molecule has 1 N–H and O–H groups in total. The zero-order chi connectivity index (χ0) is 17.9. The largest absolute Gasteiger partial charge is 0.455 e. The lowest BCUT2D eigenvalue weighted by molar-refractivity contribution is -0.230. The Morgan fingerprint density at radius 3 is 2.00 bits per heavy atom. The molecule has 0 bridgehead atoms. The van der Waals surface area contributed by atoms with Gasteiger partial charge in [0.15, 0.2) is 6.61 Å². The van der Waals surface area contributed by atoms with E-state index in [2.05, 4.69) is 16.1 Å². The Morgan fingerprint density at radius 2 is 1.68 bits per heavy atom. The molecule has 0 radical (unpaired) electrons. The van der Waals surface area contributed by atoms with Gasteiger partial charge in [0.1, 0.15) is 0 Å². The van der Waals surface area contributed by atoms with Gasteiger partial charge in [-0.3, -0.25) is 4.55 Å². The first-order valence-electron chi connectivity index (χ1n) is 5.04. The molecule has 0 heterocycles. The second-order valence-electron chi connectivity index (χ2n) is 3.83. The van der Waals surface area contributed by atoms with Crippen LogP contribution in [0.3, 0.4) is 0 Å². The fraction of sp³-hybridized carbons (Fsp3) is 0.556. The lowest BCUT2D eigenvalue weighted by atomic mass is 10.3. The monoisotopic (exact) mass is 356 g/mol. The van der Waals surface area contributed by atoms with Crippen LogP contribution < -0.4 is 0 Å². The molecule has 0 aromatic carbocycles. The molecule has 13 heteroatoms. The van der Waals surface area contributed by atoms with Crippen LogP contribution in [0.2, 0.25) is 0 Å². The van der Waals surface area contributed by atoms with Crippen molar-refractivity contribution in [1.29, 1.82) is 0 Å². The fourth-order valence-corrected chi connectivity index (χ4v) is 0.969. The van der Waals surface area contributed by atoms with E-state index >= 15 is 0 Å². The van der Waals surface area contributed by atoms with E-state index in [1.165, 1.54) is 0 Å². The van der Waals surface area contributed by atoms with E-state index in [1.54, 1.807) is 0 Å². The van der Waals surface area contributed by atoms with E-state index in [0.717, 1.165) is 6.92 Å². The third-order valence-electron chi connectivity index (χ3n) is 1.84. The number of carbonyl (C=O) groups is 2. The number of rotatable bonds is 6. The molecule has 1 unspecified atom stereocenters. The van der Waals surface area contributed by atoms with Crippen LogP contribution in [-0.4, -0.2) is 49.1 Å². The normalized spacial score (nSPS) is 14.1. The number of halogens is 5. The summed E-state index contributed by atoms with van der Waals surface area (Å²) in [6.45, 7) is 1.49. The second kappa shape index (κ2) is 6.56. The van der Waals surface area contributed by atoms with Gasteiger partial charge < -0.3 is 9.47 Å². The molecular formula is C9H9F5O7S. The average molecular weight is 356 g/mol. The van der Waals surface area contributed by atoms with Gasteiger partial charge in [-0.1, -0.05) is 6.58 Å². The summed E-state index contributed by atoms with van der Waals surface area (Å²) in [7, 11) is -6.01. The van der Waals surface area contributed by atoms with Crippen LogP contribution in [-0.2, 0) is 29.2 Å². The Bertz CT molecular complexity index is 565. The molecule has 0 saturated heterocycles. The standard InChI is InChI=1S/C9H9F5O7S/c1-4(2)6(15)21-5(9(12,13)14)7(16)20-3-8(10,11)22(17,18)19/h5H,1,3H2,2H3,(H,17,18,19). The molecule has 22 heavy (non-hydrogen) atoms. The highest BCUT2D eigenvalue weighted by molar-refractivity contribution is 7.86. The van der Waals surface area contributed by atoms with E-state index in [-0.39, 0.29) is 0 Å². The minimum atomic E-state index is -6.01. The fourth-order valence-electron chi connectivity index (χ4n) is 0.761. The van der Waals surface area contributed by atoms with Gasteiger partial charge in [0.2, 0.25) is 0 Å². The predicted molar refractivity (Wildman–Crippen MR) is 58.2 cm³/mol. The SMILES string of the molecule is C=C(C)C(=O)OC(C(=O)OCC(F)(F)S(=O)(=O)O)C(F)(F)F. The van der Waals surface area contributed by atoms with Crippen LogP contribution in [0.1, 0.15) is 6.92 Å². The van der Waals surface area contributed by atoms with E-state index in [9.17, 15) is 40.0 Å². The van der Waals surface area contributed by atoms with Crippen LogP contribution >= 0.6 is 0 Å². The number of hydrogen-bond acceptors (Lipinski definition) is 6. The van der Waals surface area contributed by atoms with E-state index in [4.69, 9.17) is 4.55 Å². The molecule has 0 aliphatic carbocycles. The highest BCUT2D eigenvalue weighted by Crippen LogP contribution is 2.26. The molecular weight excluding hydrogens is 347 g/mol. The van der Waals surface area contributed by atoms with Crippen molar-refractivity contribution in [1.82, 2.24) is 0 Å². The molecule has 0 aliphatic heterocycles. The van der Waals surface area contributed by atoms with Crippen LogP contribution in [0, 0.1) is 0 Å². The van der Waals surface area contributed by atoms with Gasteiger partial charge in [0.25, 0.3) is 6.10 Å². The second-order valence-corrected chi connectivity index (χ2v) is 5.37. The summed E-state index contributed by atoms with van der Waals surface area (Å²) in [6.07, 6.45) is -9.07. The predicted octanol–water partition coefficient (Wildman–Crippen LogP) is 1.06. The summed E-state index contributed by atoms with van der Waals surface area (Å²) in [5.41, 5.74) is -0.523. The minimum absolute atomic E-state index is 0.523. The van der Waals surface area contributed by atoms with Gasteiger partial charge >= 0.3 is 33.5 Å². The molecule has 0 amide bonds. The topological polar surface area (TPSA) is 107 Å². The molecule has 0 aliphatic rings. The van der Waals surface area contributed by atoms with Crippen LogP contribution in [0.4, 0.5) is 22.0 Å². The van der Waals surface area contributed by atoms with Crippen molar-refractivity contribution in [2.45, 2.75) is 24.5 Å². The van der Waals surface area contributed by atoms with Crippen LogP contribution in [0.15, 0.2) is 12.2 Å². The van der Waals surface area contributed by atoms with Crippen molar-refractivity contribution >= 4 is 22.1 Å². The summed E-state index contributed by atoms with van der Waals surface area (Å²) >= 11 is 0. The maximum Gasteiger partial charge on any atom is 0.436 e. The van der Waals surface area contributed by atoms with E-state index in [0.29, 0.717) is 0 Å². The van der Waals surface area contributed by atoms with Gasteiger partial charge in [-0.15, -0.1) is 0 Å². The zero-order valence-corrected chi connectivity index (χ0v) is 11.5. The van der Waals surface area contributed by atoms with E-state index < -0.39 is 51.8 Å². The quantitative estimate of drug-likeness (QED) is 0.328. The van der Waals surface area contributed by atoms with Crippen molar-refractivity contribution in [2.75, 3.05) is 6.61 Å². The number of ether oxygens (including phenoxy) is 2. The Hall–Kier alpha value is -1.76. The molecule has 0 aromatic heterocycles. The van der Waals surface area contributed by atoms with Crippen molar-refractivity contribution in [2.24, 2.45) is 0 Å². The number of esters is 2. The number of alkyl halides is 5. The van der Waals surface area contributed by atoms with Gasteiger partial charge in [-0.05, 0) is 6.92 Å². The van der Waals surface area contributed by atoms with Crippen molar-refractivity contribution in [3.8, 4) is 0 Å². The third kappa shape index (κ3) is 5.55. The summed E-state index contributed by atoms with van der Waals surface area (Å²) in [5.74, 6) is -4.15. The molecule has 0 fully saturated rings. The van der Waals surface area contributed by atoms with Crippen molar-refractivity contribution in [3.05, 3.63) is 12.2 Å². The van der Waals surface area contributed by atoms with Crippen LogP contribution in [0.5, 0.6) is 0 Å². The highest BCUT2D eigenvalue weighted by atomic mass is 32.2. The maximum atomic E-state index is 12.7. The van der Waals surface area contributed by atoms with Gasteiger partial charge in [0, 0.05) is 5.57 Å². The molecule has 7 nitrogen and oxygen atoms in total. The number of carbonyl (C=O) groups excluding carboxylic acids is 2. The highest BCUT2D eigenvalue weighted by Gasteiger charge is 2.52. The van der Waals surface area contributed by atoms with Crippen molar-refractivity contribution < 1.29 is 54.0 Å². The summed E-state index contributed by atoms with van der Waals surface area (Å²) < 4.78 is 98.5. The van der Waals surface area contributed by atoms with Crippen molar-refractivity contribution in [3.63, 3.8) is 0 Å².